The molecule has 116 heavy (non-hydrogen) atoms. The van der Waals surface area contributed by atoms with E-state index in [4.69, 9.17) is 121 Å². The molecule has 7 N–H and O–H groups in total. The fraction of sp³-hybridized carbons (Fsp3) is 0.681. The van der Waals surface area contributed by atoms with Crippen LogP contribution in [0.1, 0.15) is 90.9 Å². The number of rotatable bonds is 42. The van der Waals surface area contributed by atoms with Crippen LogP contribution in [0.4, 0.5) is 11.9 Å². The predicted octanol–water partition coefficient (Wildman–Crippen LogP) is 2.66. The molecule has 0 radical (unpaired) electrons. The first-order valence-electron chi connectivity index (χ1n) is 37.2. The molecule has 6 unspecified atom stereocenters. The molecular formula is C69H100N16O27P2S2. The summed E-state index contributed by atoms with van der Waals surface area (Å²) in [5.74, 6) is -2.49. The molecule has 18 atom stereocenters. The van der Waals surface area contributed by atoms with Crippen LogP contribution in [0.2, 0.25) is 0 Å². The van der Waals surface area contributed by atoms with E-state index in [9.17, 15) is 43.5 Å². The molecule has 4 aliphatic heterocycles. The number of aryl methyl sites for hydroxylation is 2. The molecule has 43 nitrogen and oxygen atoms in total. The minimum atomic E-state index is -3.87. The van der Waals surface area contributed by atoms with Gasteiger partial charge in [-0.1, -0.05) is 48.5 Å². The summed E-state index contributed by atoms with van der Waals surface area (Å²) in [4.78, 5) is 135. The number of aliphatic hydroxyl groups is 1. The highest BCUT2D eigenvalue weighted by Crippen LogP contribution is 2.57. The lowest BCUT2D eigenvalue weighted by atomic mass is 10.0. The zero-order valence-electron chi connectivity index (χ0n) is 66.3. The monoisotopic (exact) mass is 1710 g/mol. The Bertz CT molecular complexity index is 4570. The van der Waals surface area contributed by atoms with E-state index in [0.717, 1.165) is 0 Å². The molecule has 47 heteroatoms. The van der Waals surface area contributed by atoms with Crippen molar-refractivity contribution in [3.05, 3.63) is 121 Å². The van der Waals surface area contributed by atoms with Gasteiger partial charge in [0.15, 0.2) is 47.2 Å². The second kappa shape index (κ2) is 43.0. The Morgan fingerprint density at radius 3 is 1.22 bits per heavy atom. The van der Waals surface area contributed by atoms with E-state index >= 15 is 0 Å². The molecule has 0 aromatic carbocycles. The number of methoxy groups -OCH3 is 4. The highest BCUT2D eigenvalue weighted by Gasteiger charge is 2.54. The topological polar surface area (TPSA) is 490 Å². The third-order valence-corrected chi connectivity index (χ3v) is 23.6. The van der Waals surface area contributed by atoms with Crippen molar-refractivity contribution in [1.29, 1.82) is 0 Å². The third kappa shape index (κ3) is 22.7. The number of imidazole rings is 2. The highest BCUT2D eigenvalue weighted by molar-refractivity contribution is 8.07. The van der Waals surface area contributed by atoms with Crippen LogP contribution < -0.4 is 44.3 Å². The maximum atomic E-state index is 13.1. The second-order valence-electron chi connectivity index (χ2n) is 27.7. The molecule has 0 spiro atoms. The van der Waals surface area contributed by atoms with E-state index < -0.39 is 151 Å². The molecule has 6 aromatic rings. The maximum Gasteiger partial charge on any atom is 0.330 e. The standard InChI is InChI=1S/C35H51N8O13PS.C34H49N8O14PS/c1-9-22-26(27(51-15-13-49-8)33(54-22)43-18-37-24-28(43)38-34(40-31(24)46)39-29(44)19(2)3)56-57(58,52-11-10-36-6)53-17-23-21(5)25(50-14-12-48-7)32(55-23)42-16-20(4)30(45)41-35(42)47;1-18(2)28(44)38-33-37-27-23(30(46)39-33)36-17-42(27)32-26(51-13-11-49-7)25(21(15-43)54-32)56-57(58,52-9-8-35-5)53-16-22-20(4)24(50-12-10-48-6)31(55-22)41-14-19(3)29(45)40-34(41)47/h16,18-19,21-23,25-27,32-33H,9-15,17H2,1-5,7-8H3,(H,41,45,47)(H2,38,39,40,44,46);14,17-18,20-22,24-26,31-32,43H,8-13,15-16H2,1-4,6-7H3,(H,40,45,47)(H2,37,38,39,44,46)/t21-,22+,23+,25?,26-,27?,32+,33+,57?;20-,21+,22+,24?,25-,26?,31+,32+,57?/m00/s1. The van der Waals surface area contributed by atoms with Gasteiger partial charge in [0.25, 0.3) is 22.2 Å². The molecule has 640 valence electrons. The summed E-state index contributed by atoms with van der Waals surface area (Å²) in [5.41, 5.74) is -2.94. The van der Waals surface area contributed by atoms with E-state index in [0.29, 0.717) is 12.0 Å². The van der Waals surface area contributed by atoms with Gasteiger partial charge in [0.1, 0.15) is 55.9 Å². The van der Waals surface area contributed by atoms with Crippen molar-refractivity contribution in [3.8, 4) is 0 Å². The Morgan fingerprint density at radius 1 is 0.517 bits per heavy atom. The number of anilines is 2. The minimum absolute atomic E-state index is 0.00269. The van der Waals surface area contributed by atoms with E-state index in [1.807, 2.05) is 20.8 Å². The average molecular weight is 1710 g/mol. The Balaban J connectivity index is 0.000000265. The number of H-pyrrole nitrogens is 4. The van der Waals surface area contributed by atoms with Crippen molar-refractivity contribution in [2.75, 3.05) is 138 Å². The molecular weight excluding hydrogens is 1610 g/mol. The summed E-state index contributed by atoms with van der Waals surface area (Å²) in [6.45, 7) is 22.6. The highest BCUT2D eigenvalue weighted by atomic mass is 32.5. The lowest BCUT2D eigenvalue weighted by molar-refractivity contribution is -0.119. The maximum absolute atomic E-state index is 13.1. The molecule has 6 aromatic heterocycles. The van der Waals surface area contributed by atoms with Crippen LogP contribution in [0.5, 0.6) is 0 Å². The summed E-state index contributed by atoms with van der Waals surface area (Å²) in [7, 11) is 6.08. The van der Waals surface area contributed by atoms with Crippen LogP contribution in [-0.4, -0.2) is 264 Å². The van der Waals surface area contributed by atoms with E-state index in [2.05, 4.69) is 60.2 Å². The van der Waals surface area contributed by atoms with Crippen molar-refractivity contribution >= 4 is 83.1 Å². The molecule has 0 bridgehead atoms. The summed E-state index contributed by atoms with van der Waals surface area (Å²) in [6.07, 6.45) is -6.75. The molecule has 0 saturated carbocycles. The number of hydrogen-bond donors (Lipinski definition) is 7. The zero-order chi connectivity index (χ0) is 84.3. The Hall–Kier alpha value is -7.48. The van der Waals surface area contributed by atoms with Gasteiger partial charge in [-0.15, -0.1) is 0 Å². The zero-order valence-corrected chi connectivity index (χ0v) is 69.7. The molecule has 2 amide bonds. The summed E-state index contributed by atoms with van der Waals surface area (Å²) < 4.78 is 114. The van der Waals surface area contributed by atoms with Gasteiger partial charge in [0.05, 0.1) is 104 Å². The number of amides is 2. The van der Waals surface area contributed by atoms with Gasteiger partial charge in [0.2, 0.25) is 36.8 Å². The SMILES string of the molecule is [C-]#[N+]CCOP(=S)(OC[C@H]1O[C@@H](n2cc(C)c(=O)[nH]c2=O)C(OCCOC)[C@H]1C)O[C@@H]1C(OCCOC)[C@H](n2cnc3c(=O)[nH]c(NC(=O)C(C)C)nc32)O[C@@H]1CC.[C-]#[N+]CCOP(=S)(OC[C@H]1O[C@@H](n2cc(C)c(=O)[nH]c2=O)C(OCCOC)[C@H]1C)O[C@@H]1C(OCCOC)[C@H](n2cnc3c(=O)[nH]c(NC(=O)C(C)C)nc32)O[C@@H]1CO. The number of hydrogen-bond acceptors (Lipinski definition) is 33. The fourth-order valence-corrected chi connectivity index (χ4v) is 16.8. The molecule has 10 heterocycles. The van der Waals surface area contributed by atoms with Crippen LogP contribution in [0.25, 0.3) is 32.0 Å². The Morgan fingerprint density at radius 2 is 0.871 bits per heavy atom. The van der Waals surface area contributed by atoms with Crippen LogP contribution in [0, 0.1) is 50.7 Å². The average Bonchev–Trinajstić information content (AvgIpc) is 1.62. The molecule has 0 aliphatic carbocycles. The third-order valence-electron chi connectivity index (χ3n) is 18.9. The Labute approximate surface area is 674 Å². The summed E-state index contributed by atoms with van der Waals surface area (Å²) in [5, 5.41) is 15.8. The number of ether oxygens (including phenoxy) is 12. The van der Waals surface area contributed by atoms with Crippen LogP contribution in [0.15, 0.2) is 53.8 Å². The lowest BCUT2D eigenvalue weighted by Gasteiger charge is -2.30. The van der Waals surface area contributed by atoms with E-state index in [-0.39, 0.29) is 156 Å². The van der Waals surface area contributed by atoms with Gasteiger partial charge in [-0.3, -0.25) is 86.7 Å². The minimum Gasteiger partial charge on any atom is -0.394 e. The number of aromatic nitrogens is 12. The van der Waals surface area contributed by atoms with Crippen LogP contribution >= 0.6 is 13.4 Å². The second-order valence-corrected chi connectivity index (χ2v) is 33.6. The Kier molecular flexibility index (Phi) is 34.2. The fourth-order valence-electron chi connectivity index (χ4n) is 12.7. The van der Waals surface area contributed by atoms with Gasteiger partial charge < -0.3 is 89.7 Å². The molecule has 4 fully saturated rings. The van der Waals surface area contributed by atoms with Crippen molar-refractivity contribution in [2.45, 2.75) is 155 Å². The van der Waals surface area contributed by atoms with Crippen molar-refractivity contribution in [3.63, 3.8) is 0 Å². The number of nitrogens with one attached hydrogen (secondary N) is 6. The number of fused-ring (bicyclic) bond motifs is 2. The van der Waals surface area contributed by atoms with Gasteiger partial charge in [-0.05, 0) is 43.9 Å². The number of carbonyl (C=O) groups is 2. The molecule has 4 saturated heterocycles. The normalized spacial score (nSPS) is 25.6. The number of aliphatic hydroxyl groups excluding tert-OH is 1. The quantitative estimate of drug-likeness (QED) is 0.0164. The van der Waals surface area contributed by atoms with Gasteiger partial charge in [0, 0.05) is 75.6 Å². The predicted molar refractivity (Wildman–Crippen MR) is 418 cm³/mol. The van der Waals surface area contributed by atoms with Crippen LogP contribution in [-0.2, 0) is 117 Å². The first-order chi connectivity index (χ1) is 55.5. The largest absolute Gasteiger partial charge is 0.394 e. The molecule has 10 rings (SSSR count). The number of nitrogens with zero attached hydrogens (tertiary/aromatic N) is 10. The first-order valence-corrected chi connectivity index (χ1v) is 42.3. The lowest BCUT2D eigenvalue weighted by Crippen LogP contribution is -2.38. The van der Waals surface area contributed by atoms with Crippen molar-refractivity contribution in [1.82, 2.24) is 58.1 Å². The number of aromatic amines is 4. The summed E-state index contributed by atoms with van der Waals surface area (Å²) >= 11 is 11.9. The van der Waals surface area contributed by atoms with E-state index in [1.165, 1.54) is 71.8 Å². The van der Waals surface area contributed by atoms with Gasteiger partial charge >= 0.3 is 24.8 Å². The smallest absolute Gasteiger partial charge is 0.330 e. The van der Waals surface area contributed by atoms with Crippen molar-refractivity contribution in [2.24, 2.45) is 23.7 Å². The first kappa shape index (κ1) is 92.4. The van der Waals surface area contributed by atoms with Crippen molar-refractivity contribution < 1.29 is 98.7 Å². The number of carbonyl (C=O) groups excluding carboxylic acids is 2. The van der Waals surface area contributed by atoms with E-state index in [1.54, 1.807) is 41.5 Å². The summed E-state index contributed by atoms with van der Waals surface area (Å²) in [6, 6.07) is 0. The van der Waals surface area contributed by atoms with Gasteiger partial charge in [-0.2, -0.15) is 9.97 Å². The van der Waals surface area contributed by atoms with Crippen LogP contribution in [0.3, 0.4) is 0 Å². The molecule has 4 aliphatic rings. The van der Waals surface area contributed by atoms with Gasteiger partial charge in [-0.25, -0.2) is 32.7 Å².